The van der Waals surface area contributed by atoms with Gasteiger partial charge in [0.2, 0.25) is 5.13 Å². The van der Waals surface area contributed by atoms with Gasteiger partial charge in [0.1, 0.15) is 0 Å². The van der Waals surface area contributed by atoms with Gasteiger partial charge in [-0.2, -0.15) is 9.36 Å². The summed E-state index contributed by atoms with van der Waals surface area (Å²) in [4.78, 5) is 16.8. The highest BCUT2D eigenvalue weighted by molar-refractivity contribution is 7.10. The van der Waals surface area contributed by atoms with E-state index in [9.17, 15) is 4.79 Å². The van der Waals surface area contributed by atoms with Gasteiger partial charge in [-0.1, -0.05) is 40.6 Å². The van der Waals surface area contributed by atoms with Crippen molar-refractivity contribution in [1.29, 1.82) is 0 Å². The highest BCUT2D eigenvalue weighted by Gasteiger charge is 2.18. The van der Waals surface area contributed by atoms with Gasteiger partial charge in [0.05, 0.1) is 11.4 Å². The van der Waals surface area contributed by atoms with Crippen LogP contribution in [0.2, 0.25) is 5.02 Å². The number of nitrogens with one attached hydrogen (secondary N) is 1. The van der Waals surface area contributed by atoms with Crippen LogP contribution in [0, 0.1) is 20.8 Å². The monoisotopic (exact) mass is 424 g/mol. The topological polar surface area (TPSA) is 85.6 Å². The van der Waals surface area contributed by atoms with Gasteiger partial charge in [-0.3, -0.25) is 10.1 Å². The second-order valence-corrected chi connectivity index (χ2v) is 7.80. The standard InChI is InChI=1S/C20H17ClN6OS/c1-11-5-4-6-14(9-11)19(28)23-20-22-18(25-29-20)17-13(3)27(26-24-17)16-10-15(21)8-7-12(16)2/h4-10H,1-3H3,(H,22,23,25,28). The fourth-order valence-corrected chi connectivity index (χ4v) is 3.63. The summed E-state index contributed by atoms with van der Waals surface area (Å²) in [5, 5.41) is 12.3. The summed E-state index contributed by atoms with van der Waals surface area (Å²) in [6.07, 6.45) is 0. The zero-order chi connectivity index (χ0) is 20.5. The Morgan fingerprint density at radius 1 is 1.14 bits per heavy atom. The number of aryl methyl sites for hydroxylation is 2. The SMILES string of the molecule is Cc1cccc(C(=O)Nc2nc(-c3nnn(-c4cc(Cl)ccc4C)c3C)ns2)c1. The zero-order valence-electron chi connectivity index (χ0n) is 16.0. The molecule has 2 aromatic heterocycles. The summed E-state index contributed by atoms with van der Waals surface area (Å²) in [5.41, 5.74) is 4.78. The summed E-state index contributed by atoms with van der Waals surface area (Å²) in [7, 11) is 0. The van der Waals surface area contributed by atoms with E-state index in [0.29, 0.717) is 27.2 Å². The third-order valence-corrected chi connectivity index (χ3v) is 5.30. The predicted octanol–water partition coefficient (Wildman–Crippen LogP) is 4.62. The molecule has 146 valence electrons. The highest BCUT2D eigenvalue weighted by atomic mass is 35.5. The second-order valence-electron chi connectivity index (χ2n) is 6.61. The van der Waals surface area contributed by atoms with Crippen molar-refractivity contribution in [3.05, 3.63) is 69.9 Å². The largest absolute Gasteiger partial charge is 0.297 e. The van der Waals surface area contributed by atoms with Crippen molar-refractivity contribution in [3.63, 3.8) is 0 Å². The number of hydrogen-bond donors (Lipinski definition) is 1. The number of nitrogens with zero attached hydrogens (tertiary/aromatic N) is 5. The van der Waals surface area contributed by atoms with Crippen LogP contribution in [0.4, 0.5) is 5.13 Å². The Labute approximate surface area is 176 Å². The van der Waals surface area contributed by atoms with Crippen LogP contribution >= 0.6 is 23.1 Å². The molecule has 0 aliphatic rings. The average Bonchev–Trinajstić information content (AvgIpc) is 3.30. The van der Waals surface area contributed by atoms with E-state index in [0.717, 1.165) is 34.0 Å². The van der Waals surface area contributed by atoms with E-state index in [1.807, 2.05) is 57.2 Å². The van der Waals surface area contributed by atoms with Gasteiger partial charge < -0.3 is 0 Å². The summed E-state index contributed by atoms with van der Waals surface area (Å²) < 4.78 is 6.04. The van der Waals surface area contributed by atoms with Crippen LogP contribution in [0.15, 0.2) is 42.5 Å². The van der Waals surface area contributed by atoms with Gasteiger partial charge in [-0.25, -0.2) is 4.68 Å². The maximum absolute atomic E-state index is 12.4. The third-order valence-electron chi connectivity index (χ3n) is 4.43. The molecule has 1 amide bonds. The molecule has 4 rings (SSSR count). The predicted molar refractivity (Wildman–Crippen MR) is 114 cm³/mol. The van der Waals surface area contributed by atoms with Crippen molar-refractivity contribution in [3.8, 4) is 17.2 Å². The van der Waals surface area contributed by atoms with Gasteiger partial charge in [-0.15, -0.1) is 5.10 Å². The minimum atomic E-state index is -0.230. The molecule has 0 fully saturated rings. The first kappa shape index (κ1) is 19.2. The number of aromatic nitrogens is 5. The number of benzene rings is 2. The molecule has 0 unspecified atom stereocenters. The van der Waals surface area contributed by atoms with Crippen molar-refractivity contribution in [2.75, 3.05) is 5.32 Å². The maximum Gasteiger partial charge on any atom is 0.257 e. The molecule has 2 heterocycles. The smallest absolute Gasteiger partial charge is 0.257 e. The molecule has 2 aromatic carbocycles. The normalized spacial score (nSPS) is 10.9. The molecule has 0 aliphatic carbocycles. The van der Waals surface area contributed by atoms with Crippen molar-refractivity contribution in [2.45, 2.75) is 20.8 Å². The van der Waals surface area contributed by atoms with Crippen LogP contribution in [0.25, 0.3) is 17.2 Å². The van der Waals surface area contributed by atoms with Gasteiger partial charge in [0.25, 0.3) is 5.91 Å². The average molecular weight is 425 g/mol. The van der Waals surface area contributed by atoms with E-state index < -0.39 is 0 Å². The fourth-order valence-electron chi connectivity index (χ4n) is 2.90. The Bertz CT molecular complexity index is 1220. The minimum absolute atomic E-state index is 0.230. The van der Waals surface area contributed by atoms with Gasteiger partial charge in [-0.05, 0) is 50.6 Å². The van der Waals surface area contributed by atoms with Gasteiger partial charge >= 0.3 is 0 Å². The number of halogens is 1. The summed E-state index contributed by atoms with van der Waals surface area (Å²) in [6, 6.07) is 13.0. The lowest BCUT2D eigenvalue weighted by molar-refractivity contribution is 0.102. The molecule has 0 saturated carbocycles. The van der Waals surface area contributed by atoms with Crippen LogP contribution < -0.4 is 5.32 Å². The lowest BCUT2D eigenvalue weighted by Gasteiger charge is -2.07. The summed E-state index contributed by atoms with van der Waals surface area (Å²) in [6.45, 7) is 5.81. The molecule has 0 saturated heterocycles. The first-order chi connectivity index (χ1) is 13.9. The molecule has 4 aromatic rings. The van der Waals surface area contributed by atoms with Gasteiger partial charge in [0.15, 0.2) is 11.5 Å². The van der Waals surface area contributed by atoms with Crippen molar-refractivity contribution in [1.82, 2.24) is 24.4 Å². The first-order valence-corrected chi connectivity index (χ1v) is 9.98. The number of carbonyl (C=O) groups excluding carboxylic acids is 1. The lowest BCUT2D eigenvalue weighted by Crippen LogP contribution is -2.11. The minimum Gasteiger partial charge on any atom is -0.297 e. The summed E-state index contributed by atoms with van der Waals surface area (Å²) in [5.74, 6) is 0.185. The molecule has 0 spiro atoms. The lowest BCUT2D eigenvalue weighted by atomic mass is 10.1. The molecule has 1 N–H and O–H groups in total. The molecule has 7 nitrogen and oxygen atoms in total. The maximum atomic E-state index is 12.4. The number of amides is 1. The Morgan fingerprint density at radius 2 is 1.97 bits per heavy atom. The Hall–Kier alpha value is -3.10. The Kier molecular flexibility index (Phi) is 5.12. The molecular formula is C20H17ClN6OS. The van der Waals surface area contributed by atoms with E-state index in [1.165, 1.54) is 0 Å². The van der Waals surface area contributed by atoms with Crippen molar-refractivity contribution < 1.29 is 4.79 Å². The molecule has 9 heteroatoms. The van der Waals surface area contributed by atoms with Crippen LogP contribution in [-0.4, -0.2) is 30.3 Å². The number of hydrogen-bond acceptors (Lipinski definition) is 6. The number of carbonyl (C=O) groups is 1. The molecule has 29 heavy (non-hydrogen) atoms. The van der Waals surface area contributed by atoms with E-state index in [1.54, 1.807) is 10.7 Å². The number of rotatable bonds is 4. The molecule has 0 aliphatic heterocycles. The quantitative estimate of drug-likeness (QED) is 0.516. The second kappa shape index (κ2) is 7.73. The highest BCUT2D eigenvalue weighted by Crippen LogP contribution is 2.26. The van der Waals surface area contributed by atoms with Crippen LogP contribution in [0.1, 0.15) is 27.2 Å². The zero-order valence-corrected chi connectivity index (χ0v) is 17.5. The van der Waals surface area contributed by atoms with E-state index in [2.05, 4.69) is 25.0 Å². The van der Waals surface area contributed by atoms with Gasteiger partial charge in [0, 0.05) is 22.1 Å². The fraction of sp³-hybridized carbons (Fsp3) is 0.150. The van der Waals surface area contributed by atoms with Crippen LogP contribution in [-0.2, 0) is 0 Å². The molecule has 0 atom stereocenters. The summed E-state index contributed by atoms with van der Waals surface area (Å²) >= 11 is 7.23. The van der Waals surface area contributed by atoms with E-state index in [-0.39, 0.29) is 5.91 Å². The van der Waals surface area contributed by atoms with Crippen molar-refractivity contribution >= 4 is 34.2 Å². The Morgan fingerprint density at radius 3 is 2.76 bits per heavy atom. The van der Waals surface area contributed by atoms with Crippen molar-refractivity contribution in [2.24, 2.45) is 0 Å². The molecular weight excluding hydrogens is 408 g/mol. The van der Waals surface area contributed by atoms with E-state index in [4.69, 9.17) is 11.6 Å². The molecule has 0 bridgehead atoms. The van der Waals surface area contributed by atoms with Crippen LogP contribution in [0.5, 0.6) is 0 Å². The number of anilines is 1. The Balaban J connectivity index is 1.60. The first-order valence-electron chi connectivity index (χ1n) is 8.83. The van der Waals surface area contributed by atoms with E-state index >= 15 is 0 Å². The molecule has 0 radical (unpaired) electrons. The third kappa shape index (κ3) is 3.90. The van der Waals surface area contributed by atoms with Crippen LogP contribution in [0.3, 0.4) is 0 Å².